The summed E-state index contributed by atoms with van der Waals surface area (Å²) in [7, 11) is 0. The van der Waals surface area contributed by atoms with Gasteiger partial charge in [0.1, 0.15) is 5.54 Å². The summed E-state index contributed by atoms with van der Waals surface area (Å²) in [6.45, 7) is 6.85. The molecule has 1 unspecified atom stereocenters. The average Bonchev–Trinajstić information content (AvgIpc) is 3.48. The van der Waals surface area contributed by atoms with Crippen LogP contribution in [-0.2, 0) is 5.54 Å². The van der Waals surface area contributed by atoms with E-state index in [2.05, 4.69) is 39.3 Å². The van der Waals surface area contributed by atoms with E-state index in [9.17, 15) is 9.18 Å². The fourth-order valence-corrected chi connectivity index (χ4v) is 4.99. The lowest BCUT2D eigenvalue weighted by atomic mass is 9.94. The van der Waals surface area contributed by atoms with Crippen LogP contribution >= 0.6 is 0 Å². The SMILES string of the molecule is CCN(CC)C1(c2nnnn2C2CCCC2)CCN(C(=O)c2ccncc2F)C1. The van der Waals surface area contributed by atoms with Gasteiger partial charge in [0.25, 0.3) is 5.91 Å². The van der Waals surface area contributed by atoms with Gasteiger partial charge in [-0.15, -0.1) is 5.10 Å². The first-order chi connectivity index (χ1) is 14.1. The van der Waals surface area contributed by atoms with Crippen LogP contribution in [0.1, 0.15) is 68.2 Å². The van der Waals surface area contributed by atoms with E-state index < -0.39 is 11.4 Å². The number of aromatic nitrogens is 5. The number of nitrogens with zero attached hydrogens (tertiary/aromatic N) is 7. The van der Waals surface area contributed by atoms with Crippen LogP contribution in [-0.4, -0.2) is 67.1 Å². The molecule has 0 bridgehead atoms. The number of hydrogen-bond acceptors (Lipinski definition) is 6. The van der Waals surface area contributed by atoms with Crippen LogP contribution in [0.25, 0.3) is 0 Å². The second kappa shape index (κ2) is 8.14. The highest BCUT2D eigenvalue weighted by Gasteiger charge is 2.49. The highest BCUT2D eigenvalue weighted by atomic mass is 19.1. The molecule has 1 amide bonds. The fraction of sp³-hybridized carbons (Fsp3) is 0.650. The van der Waals surface area contributed by atoms with Gasteiger partial charge in [0, 0.05) is 19.3 Å². The predicted octanol–water partition coefficient (Wildman–Crippen LogP) is 2.41. The van der Waals surface area contributed by atoms with Crippen molar-refractivity contribution in [3.05, 3.63) is 35.7 Å². The summed E-state index contributed by atoms with van der Waals surface area (Å²) >= 11 is 0. The first-order valence-corrected chi connectivity index (χ1v) is 10.5. The predicted molar refractivity (Wildman–Crippen MR) is 105 cm³/mol. The molecule has 2 aliphatic rings. The molecule has 3 heterocycles. The molecule has 1 saturated heterocycles. The Morgan fingerprint density at radius 3 is 2.76 bits per heavy atom. The first-order valence-electron chi connectivity index (χ1n) is 10.5. The molecule has 9 heteroatoms. The van der Waals surface area contributed by atoms with Crippen molar-refractivity contribution in [3.63, 3.8) is 0 Å². The maximum Gasteiger partial charge on any atom is 0.257 e. The highest BCUT2D eigenvalue weighted by molar-refractivity contribution is 5.94. The molecule has 0 radical (unpaired) electrons. The Balaban J connectivity index is 1.69. The molecular weight excluding hydrogens is 373 g/mol. The molecule has 156 valence electrons. The molecule has 2 fully saturated rings. The van der Waals surface area contributed by atoms with Crippen LogP contribution in [0.4, 0.5) is 4.39 Å². The van der Waals surface area contributed by atoms with Crippen molar-refractivity contribution in [3.8, 4) is 0 Å². The molecule has 1 aliphatic carbocycles. The number of tetrazole rings is 1. The number of likely N-dealkylation sites (tertiary alicyclic amines) is 1. The van der Waals surface area contributed by atoms with E-state index in [-0.39, 0.29) is 11.5 Å². The van der Waals surface area contributed by atoms with Gasteiger partial charge in [0.15, 0.2) is 11.6 Å². The Labute approximate surface area is 170 Å². The summed E-state index contributed by atoms with van der Waals surface area (Å²) < 4.78 is 16.2. The van der Waals surface area contributed by atoms with Gasteiger partial charge in [-0.3, -0.25) is 14.7 Å². The number of hydrogen-bond donors (Lipinski definition) is 0. The molecule has 8 nitrogen and oxygen atoms in total. The van der Waals surface area contributed by atoms with Crippen molar-refractivity contribution >= 4 is 5.91 Å². The van der Waals surface area contributed by atoms with Crippen molar-refractivity contribution in [1.82, 2.24) is 35.0 Å². The maximum atomic E-state index is 14.2. The molecule has 29 heavy (non-hydrogen) atoms. The minimum Gasteiger partial charge on any atom is -0.336 e. The van der Waals surface area contributed by atoms with Crippen LogP contribution in [0.3, 0.4) is 0 Å². The number of pyridine rings is 1. The molecular formula is C20H28FN7O. The lowest BCUT2D eigenvalue weighted by Crippen LogP contribution is -2.50. The van der Waals surface area contributed by atoms with Crippen molar-refractivity contribution in [1.29, 1.82) is 0 Å². The fourth-order valence-electron chi connectivity index (χ4n) is 4.99. The van der Waals surface area contributed by atoms with Crippen LogP contribution in [0.2, 0.25) is 0 Å². The Bertz CT molecular complexity index is 862. The highest BCUT2D eigenvalue weighted by Crippen LogP contribution is 2.40. The van der Waals surface area contributed by atoms with Gasteiger partial charge in [0.05, 0.1) is 17.8 Å². The van der Waals surface area contributed by atoms with E-state index in [0.29, 0.717) is 19.1 Å². The molecule has 1 aliphatic heterocycles. The van der Waals surface area contributed by atoms with E-state index in [4.69, 9.17) is 0 Å². The number of carbonyl (C=O) groups excluding carboxylic acids is 1. The zero-order valence-electron chi connectivity index (χ0n) is 17.1. The Hall–Kier alpha value is -2.42. The molecule has 0 spiro atoms. The van der Waals surface area contributed by atoms with E-state index in [1.54, 1.807) is 4.90 Å². The monoisotopic (exact) mass is 401 g/mol. The zero-order chi connectivity index (χ0) is 20.4. The molecule has 1 saturated carbocycles. The summed E-state index contributed by atoms with van der Waals surface area (Å²) in [4.78, 5) is 20.9. The minimum absolute atomic E-state index is 0.0609. The van der Waals surface area contributed by atoms with Crippen molar-refractivity contribution < 1.29 is 9.18 Å². The number of carbonyl (C=O) groups is 1. The van der Waals surface area contributed by atoms with Crippen molar-refractivity contribution in [2.45, 2.75) is 57.5 Å². The zero-order valence-corrected chi connectivity index (χ0v) is 17.1. The van der Waals surface area contributed by atoms with Gasteiger partial charge in [-0.05, 0) is 48.8 Å². The topological polar surface area (TPSA) is 80.0 Å². The molecule has 4 rings (SSSR count). The molecule has 2 aromatic heterocycles. The van der Waals surface area contributed by atoms with Gasteiger partial charge in [0.2, 0.25) is 0 Å². The van der Waals surface area contributed by atoms with Crippen LogP contribution in [0, 0.1) is 5.82 Å². The molecule has 2 aromatic rings. The Kier molecular flexibility index (Phi) is 5.58. The summed E-state index contributed by atoms with van der Waals surface area (Å²) in [5.41, 5.74) is -0.403. The quantitative estimate of drug-likeness (QED) is 0.740. The van der Waals surface area contributed by atoms with Gasteiger partial charge in [-0.1, -0.05) is 26.7 Å². The van der Waals surface area contributed by atoms with Gasteiger partial charge >= 0.3 is 0 Å². The summed E-state index contributed by atoms with van der Waals surface area (Å²) in [5, 5.41) is 12.8. The number of halogens is 1. The van der Waals surface area contributed by atoms with E-state index in [0.717, 1.165) is 44.4 Å². The van der Waals surface area contributed by atoms with Crippen molar-refractivity contribution in [2.24, 2.45) is 0 Å². The second-order valence-electron chi connectivity index (χ2n) is 7.92. The number of rotatable bonds is 6. The van der Waals surface area contributed by atoms with E-state index >= 15 is 0 Å². The normalized spacial score (nSPS) is 22.7. The first kappa shape index (κ1) is 19.9. The lowest BCUT2D eigenvalue weighted by Gasteiger charge is -2.39. The van der Waals surface area contributed by atoms with E-state index in [1.807, 2.05) is 4.68 Å². The molecule has 0 N–H and O–H groups in total. The third-order valence-electron chi connectivity index (χ3n) is 6.49. The molecule has 0 aromatic carbocycles. The van der Waals surface area contributed by atoms with Gasteiger partial charge in [-0.2, -0.15) is 0 Å². The second-order valence-corrected chi connectivity index (χ2v) is 7.92. The number of likely N-dealkylation sites (N-methyl/N-ethyl adjacent to an activating group) is 1. The summed E-state index contributed by atoms with van der Waals surface area (Å²) in [6, 6.07) is 1.76. The number of amides is 1. The van der Waals surface area contributed by atoms with Crippen LogP contribution in [0.15, 0.2) is 18.5 Å². The maximum absolute atomic E-state index is 14.2. The van der Waals surface area contributed by atoms with Gasteiger partial charge in [-0.25, -0.2) is 9.07 Å². The minimum atomic E-state index is -0.589. The average molecular weight is 401 g/mol. The Morgan fingerprint density at radius 2 is 2.07 bits per heavy atom. The Morgan fingerprint density at radius 1 is 1.31 bits per heavy atom. The third-order valence-corrected chi connectivity index (χ3v) is 6.49. The largest absolute Gasteiger partial charge is 0.336 e. The summed E-state index contributed by atoms with van der Waals surface area (Å²) in [5.74, 6) is -0.0638. The van der Waals surface area contributed by atoms with Crippen LogP contribution in [0.5, 0.6) is 0 Å². The van der Waals surface area contributed by atoms with E-state index in [1.165, 1.54) is 25.1 Å². The smallest absolute Gasteiger partial charge is 0.257 e. The summed E-state index contributed by atoms with van der Waals surface area (Å²) in [6.07, 6.45) is 7.79. The lowest BCUT2D eigenvalue weighted by molar-refractivity contribution is 0.0657. The van der Waals surface area contributed by atoms with Crippen molar-refractivity contribution in [2.75, 3.05) is 26.2 Å². The van der Waals surface area contributed by atoms with Gasteiger partial charge < -0.3 is 4.90 Å². The molecule has 1 atom stereocenters. The standard InChI is InChI=1S/C20H28FN7O/c1-3-27(4-2)20(19-23-24-25-28(19)15-7-5-6-8-15)10-12-26(14-20)18(29)16-9-11-22-13-17(16)21/h9,11,13,15H,3-8,10,12,14H2,1-2H3. The third kappa shape index (κ3) is 3.41. The van der Waals surface area contributed by atoms with Crippen LogP contribution < -0.4 is 0 Å².